The van der Waals surface area contributed by atoms with Gasteiger partial charge < -0.3 is 14.2 Å². The van der Waals surface area contributed by atoms with Crippen LogP contribution < -0.4 is 0 Å². The first-order valence-corrected chi connectivity index (χ1v) is 20.6. The molecule has 1 aliphatic carbocycles. The van der Waals surface area contributed by atoms with E-state index in [2.05, 4.69) is 41.5 Å². The van der Waals surface area contributed by atoms with Crippen LogP contribution in [0.25, 0.3) is 0 Å². The summed E-state index contributed by atoms with van der Waals surface area (Å²) >= 11 is 0. The third-order valence-corrected chi connectivity index (χ3v) is 10.0. The van der Waals surface area contributed by atoms with E-state index in [0.717, 1.165) is 69.1 Å². The normalized spacial score (nSPS) is 18.1. The summed E-state index contributed by atoms with van der Waals surface area (Å²) in [6, 6.07) is 0. The molecule has 0 amide bonds. The van der Waals surface area contributed by atoms with Crippen LogP contribution in [0.15, 0.2) is 0 Å². The molecular formula is C42H78O6. The smallest absolute Gasteiger partial charge is 0.309 e. The Kier molecular flexibility index (Phi) is 27.0. The van der Waals surface area contributed by atoms with Crippen molar-refractivity contribution >= 4 is 17.9 Å². The molecule has 0 saturated heterocycles. The monoisotopic (exact) mass is 679 g/mol. The molecular weight excluding hydrogens is 600 g/mol. The molecule has 0 spiro atoms. The topological polar surface area (TPSA) is 78.9 Å². The van der Waals surface area contributed by atoms with Gasteiger partial charge in [-0.2, -0.15) is 0 Å². The highest BCUT2D eigenvalue weighted by atomic mass is 16.5. The molecule has 1 fully saturated rings. The minimum absolute atomic E-state index is 0.234. The van der Waals surface area contributed by atoms with Gasteiger partial charge >= 0.3 is 17.9 Å². The maximum absolute atomic E-state index is 13.3. The van der Waals surface area contributed by atoms with Crippen molar-refractivity contribution in [1.29, 1.82) is 0 Å². The van der Waals surface area contributed by atoms with E-state index >= 15 is 0 Å². The first-order valence-electron chi connectivity index (χ1n) is 20.6. The van der Waals surface area contributed by atoms with Crippen molar-refractivity contribution in [2.24, 2.45) is 35.5 Å². The van der Waals surface area contributed by atoms with Crippen molar-refractivity contribution in [3.8, 4) is 0 Å². The predicted octanol–water partition coefficient (Wildman–Crippen LogP) is 11.8. The molecule has 0 radical (unpaired) electrons. The number of unbranched alkanes of at least 4 members (excludes halogenated alkanes) is 15. The van der Waals surface area contributed by atoms with Gasteiger partial charge in [0.15, 0.2) is 0 Å². The fourth-order valence-corrected chi connectivity index (χ4v) is 6.86. The lowest BCUT2D eigenvalue weighted by Gasteiger charge is -2.32. The molecule has 1 saturated carbocycles. The Bertz CT molecular complexity index is 806. The molecule has 0 bridgehead atoms. The third-order valence-electron chi connectivity index (χ3n) is 10.0. The Balaban J connectivity index is 2.49. The zero-order chi connectivity index (χ0) is 35.4. The number of carbonyl (C=O) groups is 3. The highest BCUT2D eigenvalue weighted by molar-refractivity contribution is 5.83. The molecule has 48 heavy (non-hydrogen) atoms. The Morgan fingerprint density at radius 3 is 1.10 bits per heavy atom. The van der Waals surface area contributed by atoms with Crippen molar-refractivity contribution in [1.82, 2.24) is 0 Å². The first-order chi connectivity index (χ1) is 23.1. The largest absolute Gasteiger partial charge is 0.465 e. The van der Waals surface area contributed by atoms with Crippen LogP contribution in [0.2, 0.25) is 0 Å². The summed E-state index contributed by atoms with van der Waals surface area (Å²) in [7, 11) is 0. The van der Waals surface area contributed by atoms with Crippen molar-refractivity contribution in [2.45, 2.75) is 196 Å². The highest BCUT2D eigenvalue weighted by Gasteiger charge is 2.43. The van der Waals surface area contributed by atoms with Gasteiger partial charge in [-0.05, 0) is 56.3 Å². The lowest BCUT2D eigenvalue weighted by Crippen LogP contribution is -2.40. The summed E-state index contributed by atoms with van der Waals surface area (Å²) in [5, 5.41) is 0. The van der Waals surface area contributed by atoms with Gasteiger partial charge in [0.1, 0.15) is 0 Å². The van der Waals surface area contributed by atoms with E-state index in [-0.39, 0.29) is 23.8 Å². The van der Waals surface area contributed by atoms with Gasteiger partial charge in [0.05, 0.1) is 37.6 Å². The van der Waals surface area contributed by atoms with Gasteiger partial charge in [0.25, 0.3) is 0 Å². The molecule has 0 heterocycles. The predicted molar refractivity (Wildman–Crippen MR) is 199 cm³/mol. The SMILES string of the molecule is CC(C)CCCCCCCCOC(=O)C1CCC(C(=O)OCCCCCCCCC(C)C)C(C(=O)OCCCCCCCCC(C)C)C1. The van der Waals surface area contributed by atoms with Crippen molar-refractivity contribution in [2.75, 3.05) is 19.8 Å². The second kappa shape index (κ2) is 29.2. The van der Waals surface area contributed by atoms with Crippen LogP contribution in [0, 0.1) is 35.5 Å². The van der Waals surface area contributed by atoms with Crippen LogP contribution in [0.3, 0.4) is 0 Å². The molecule has 0 aromatic carbocycles. The van der Waals surface area contributed by atoms with Crippen LogP contribution in [-0.4, -0.2) is 37.7 Å². The molecule has 0 aromatic rings. The maximum atomic E-state index is 13.3. The van der Waals surface area contributed by atoms with E-state index in [1.807, 2.05) is 0 Å². The number of rotatable bonds is 30. The van der Waals surface area contributed by atoms with Crippen molar-refractivity contribution in [3.63, 3.8) is 0 Å². The summed E-state index contributed by atoms with van der Waals surface area (Å²) in [5.74, 6) is -0.160. The summed E-state index contributed by atoms with van der Waals surface area (Å²) in [4.78, 5) is 39.5. The highest BCUT2D eigenvalue weighted by Crippen LogP contribution is 2.36. The minimum atomic E-state index is -0.647. The summed E-state index contributed by atoms with van der Waals surface area (Å²) < 4.78 is 17.1. The van der Waals surface area contributed by atoms with E-state index in [0.29, 0.717) is 39.1 Å². The van der Waals surface area contributed by atoms with Crippen LogP contribution in [-0.2, 0) is 28.6 Å². The fourth-order valence-electron chi connectivity index (χ4n) is 6.86. The zero-order valence-corrected chi connectivity index (χ0v) is 32.5. The summed E-state index contributed by atoms with van der Waals surface area (Å²) in [6.07, 6.45) is 25.7. The van der Waals surface area contributed by atoms with Crippen LogP contribution in [0.1, 0.15) is 196 Å². The maximum Gasteiger partial charge on any atom is 0.309 e. The van der Waals surface area contributed by atoms with Gasteiger partial charge in [-0.25, -0.2) is 0 Å². The average molecular weight is 679 g/mol. The molecule has 6 heteroatoms. The number of ether oxygens (including phenoxy) is 3. The molecule has 0 aromatic heterocycles. The van der Waals surface area contributed by atoms with E-state index in [4.69, 9.17) is 14.2 Å². The van der Waals surface area contributed by atoms with Gasteiger partial charge in [-0.15, -0.1) is 0 Å². The van der Waals surface area contributed by atoms with E-state index in [9.17, 15) is 14.4 Å². The molecule has 3 atom stereocenters. The van der Waals surface area contributed by atoms with Gasteiger partial charge in [-0.1, -0.05) is 157 Å². The number of hydrogen-bond donors (Lipinski definition) is 0. The Morgan fingerprint density at radius 2 is 0.729 bits per heavy atom. The quantitative estimate of drug-likeness (QED) is 0.0427. The minimum Gasteiger partial charge on any atom is -0.465 e. The molecule has 0 aliphatic heterocycles. The molecule has 6 nitrogen and oxygen atoms in total. The molecule has 3 unspecified atom stereocenters. The number of hydrogen-bond acceptors (Lipinski definition) is 6. The van der Waals surface area contributed by atoms with Gasteiger partial charge in [-0.3, -0.25) is 14.4 Å². The zero-order valence-electron chi connectivity index (χ0n) is 32.5. The fraction of sp³-hybridized carbons (Fsp3) is 0.929. The van der Waals surface area contributed by atoms with Crippen LogP contribution in [0.5, 0.6) is 0 Å². The number of carbonyl (C=O) groups excluding carboxylic acids is 3. The molecule has 1 aliphatic rings. The third kappa shape index (κ3) is 23.7. The lowest BCUT2D eigenvalue weighted by molar-refractivity contribution is -0.167. The van der Waals surface area contributed by atoms with Crippen LogP contribution in [0.4, 0.5) is 0 Å². The standard InChI is InChI=1S/C42H78O6/c1-34(2)25-19-13-7-10-16-22-30-46-40(43)37-28-29-38(41(44)47-31-23-17-11-8-14-20-26-35(3)4)39(33-37)42(45)48-32-24-18-12-9-15-21-27-36(5)6/h34-39H,7-33H2,1-6H3. The van der Waals surface area contributed by atoms with E-state index in [1.54, 1.807) is 0 Å². The van der Waals surface area contributed by atoms with Crippen LogP contribution >= 0.6 is 0 Å². The summed E-state index contributed by atoms with van der Waals surface area (Å²) in [5.41, 5.74) is 0. The lowest BCUT2D eigenvalue weighted by atomic mass is 9.74. The van der Waals surface area contributed by atoms with Gasteiger partial charge in [0, 0.05) is 0 Å². The Hall–Kier alpha value is -1.59. The van der Waals surface area contributed by atoms with Crippen molar-refractivity contribution in [3.05, 3.63) is 0 Å². The molecule has 1 rings (SSSR count). The van der Waals surface area contributed by atoms with E-state index in [1.165, 1.54) is 83.5 Å². The Morgan fingerprint density at radius 1 is 0.417 bits per heavy atom. The van der Waals surface area contributed by atoms with Crippen molar-refractivity contribution < 1.29 is 28.6 Å². The second-order valence-corrected chi connectivity index (χ2v) is 16.1. The molecule has 282 valence electrons. The number of esters is 3. The Labute approximate surface area is 297 Å². The van der Waals surface area contributed by atoms with Gasteiger partial charge in [0.2, 0.25) is 0 Å². The first kappa shape index (κ1) is 44.4. The summed E-state index contributed by atoms with van der Waals surface area (Å²) in [6.45, 7) is 14.8. The second-order valence-electron chi connectivity index (χ2n) is 16.1. The van der Waals surface area contributed by atoms with E-state index < -0.39 is 11.8 Å². The average Bonchev–Trinajstić information content (AvgIpc) is 3.04. The molecule has 0 N–H and O–H groups in total.